The van der Waals surface area contributed by atoms with E-state index in [0.29, 0.717) is 11.5 Å². The molecule has 1 aromatic rings. The molecule has 1 rings (SSSR count). The highest BCUT2D eigenvalue weighted by Gasteiger charge is 2.08. The summed E-state index contributed by atoms with van der Waals surface area (Å²) in [6.45, 7) is 1.69. The van der Waals surface area contributed by atoms with Crippen LogP contribution in [0.3, 0.4) is 0 Å². The maximum Gasteiger partial charge on any atom is 0.181 e. The molecule has 1 atom stereocenters. The molecule has 0 saturated carbocycles. The Balaban J connectivity index is 2.97. The fraction of sp³-hybridized carbons (Fsp3) is 0.364. The Hall–Kier alpha value is -1.21. The lowest BCUT2D eigenvalue weighted by Crippen LogP contribution is -2.09. The van der Waals surface area contributed by atoms with Gasteiger partial charge in [0, 0.05) is 5.33 Å². The van der Waals surface area contributed by atoms with Crippen molar-refractivity contribution in [1.82, 2.24) is 0 Å². The first-order valence-corrected chi connectivity index (χ1v) is 5.62. The van der Waals surface area contributed by atoms with Crippen LogP contribution in [0.15, 0.2) is 18.2 Å². The molecule has 0 bridgehead atoms. The third-order valence-corrected chi connectivity index (χ3v) is 2.52. The molecule has 0 amide bonds. The average molecular weight is 270 g/mol. The summed E-state index contributed by atoms with van der Waals surface area (Å²) in [4.78, 5) is 0. The van der Waals surface area contributed by atoms with Gasteiger partial charge >= 0.3 is 0 Å². The largest absolute Gasteiger partial charge is 0.493 e. The van der Waals surface area contributed by atoms with Crippen molar-refractivity contribution < 1.29 is 9.47 Å². The smallest absolute Gasteiger partial charge is 0.181 e. The third kappa shape index (κ3) is 3.14. The number of alkyl halides is 1. The van der Waals surface area contributed by atoms with Crippen molar-refractivity contribution in [2.45, 2.75) is 18.4 Å². The Bertz CT molecular complexity index is 373. The predicted octanol–water partition coefficient (Wildman–Crippen LogP) is 2.88. The van der Waals surface area contributed by atoms with Gasteiger partial charge in [0.1, 0.15) is 6.07 Å². The molecule has 0 aliphatic rings. The molecule has 15 heavy (non-hydrogen) atoms. The van der Waals surface area contributed by atoms with Crippen molar-refractivity contribution in [2.24, 2.45) is 0 Å². The highest BCUT2D eigenvalue weighted by Crippen LogP contribution is 2.29. The van der Waals surface area contributed by atoms with E-state index < -0.39 is 6.10 Å². The quantitative estimate of drug-likeness (QED) is 0.790. The normalized spacial score (nSPS) is 11.6. The first kappa shape index (κ1) is 11.9. The lowest BCUT2D eigenvalue weighted by molar-refractivity contribution is 0.260. The van der Waals surface area contributed by atoms with E-state index >= 15 is 0 Å². The van der Waals surface area contributed by atoms with Crippen molar-refractivity contribution in [3.63, 3.8) is 0 Å². The molecule has 0 N–H and O–H groups in total. The number of methoxy groups -OCH3 is 1. The number of halogens is 1. The van der Waals surface area contributed by atoms with Crippen LogP contribution in [0.25, 0.3) is 0 Å². The first-order valence-electron chi connectivity index (χ1n) is 4.50. The highest BCUT2D eigenvalue weighted by molar-refractivity contribution is 9.08. The van der Waals surface area contributed by atoms with E-state index in [9.17, 15) is 0 Å². The van der Waals surface area contributed by atoms with Crippen LogP contribution in [-0.2, 0) is 5.33 Å². The summed E-state index contributed by atoms with van der Waals surface area (Å²) in [5.74, 6) is 1.24. The zero-order chi connectivity index (χ0) is 11.3. The van der Waals surface area contributed by atoms with E-state index in [0.717, 1.165) is 10.9 Å². The Morgan fingerprint density at radius 1 is 1.47 bits per heavy atom. The van der Waals surface area contributed by atoms with Gasteiger partial charge in [-0.1, -0.05) is 22.0 Å². The number of nitrogens with zero attached hydrogens (tertiary/aromatic N) is 1. The minimum atomic E-state index is -0.482. The lowest BCUT2D eigenvalue weighted by Gasteiger charge is -2.12. The summed E-state index contributed by atoms with van der Waals surface area (Å²) in [6, 6.07) is 7.65. The molecule has 0 fully saturated rings. The molecule has 3 nitrogen and oxygen atoms in total. The van der Waals surface area contributed by atoms with Crippen molar-refractivity contribution in [3.05, 3.63) is 23.8 Å². The Labute approximate surface area is 97.7 Å². The Morgan fingerprint density at radius 2 is 2.20 bits per heavy atom. The van der Waals surface area contributed by atoms with Crippen LogP contribution in [-0.4, -0.2) is 13.2 Å². The van der Waals surface area contributed by atoms with E-state index in [-0.39, 0.29) is 0 Å². The van der Waals surface area contributed by atoms with Crippen LogP contribution in [0.1, 0.15) is 12.5 Å². The van der Waals surface area contributed by atoms with Crippen molar-refractivity contribution in [1.29, 1.82) is 5.26 Å². The number of hydrogen-bond acceptors (Lipinski definition) is 3. The van der Waals surface area contributed by atoms with Crippen LogP contribution >= 0.6 is 15.9 Å². The van der Waals surface area contributed by atoms with E-state index in [4.69, 9.17) is 14.7 Å². The number of ether oxygens (including phenoxy) is 2. The van der Waals surface area contributed by atoms with Gasteiger partial charge in [0.15, 0.2) is 17.6 Å². The molecule has 0 aliphatic carbocycles. The molecule has 0 aromatic heterocycles. The molecule has 0 saturated heterocycles. The molecule has 1 unspecified atom stereocenters. The topological polar surface area (TPSA) is 42.2 Å². The molecule has 0 aliphatic heterocycles. The third-order valence-electron chi connectivity index (χ3n) is 1.87. The minimum Gasteiger partial charge on any atom is -0.493 e. The van der Waals surface area contributed by atoms with Crippen molar-refractivity contribution in [2.75, 3.05) is 7.11 Å². The second-order valence-electron chi connectivity index (χ2n) is 3.01. The Kier molecular flexibility index (Phi) is 4.44. The number of benzene rings is 1. The fourth-order valence-corrected chi connectivity index (χ4v) is 1.46. The summed E-state index contributed by atoms with van der Waals surface area (Å²) in [7, 11) is 1.58. The van der Waals surface area contributed by atoms with Crippen LogP contribution in [0.4, 0.5) is 0 Å². The molecule has 0 heterocycles. The van der Waals surface area contributed by atoms with Crippen molar-refractivity contribution in [3.8, 4) is 17.6 Å². The summed E-state index contributed by atoms with van der Waals surface area (Å²) >= 11 is 3.36. The van der Waals surface area contributed by atoms with Gasteiger partial charge in [-0.25, -0.2) is 0 Å². The maximum absolute atomic E-state index is 8.66. The maximum atomic E-state index is 8.66. The summed E-state index contributed by atoms with van der Waals surface area (Å²) in [5.41, 5.74) is 1.08. The molecular weight excluding hydrogens is 258 g/mol. The SMILES string of the molecule is COc1ccc(CBr)cc1OC(C)C#N. The van der Waals surface area contributed by atoms with Crippen molar-refractivity contribution >= 4 is 15.9 Å². The van der Waals surface area contributed by atoms with Gasteiger partial charge in [-0.3, -0.25) is 0 Å². The van der Waals surface area contributed by atoms with Gasteiger partial charge in [0.25, 0.3) is 0 Å². The van der Waals surface area contributed by atoms with Gasteiger partial charge < -0.3 is 9.47 Å². The van der Waals surface area contributed by atoms with Crippen LogP contribution in [0.2, 0.25) is 0 Å². The molecule has 80 valence electrons. The molecule has 1 aromatic carbocycles. The molecule has 0 spiro atoms. The van der Waals surface area contributed by atoms with E-state index in [1.807, 2.05) is 24.3 Å². The van der Waals surface area contributed by atoms with Gasteiger partial charge in [-0.15, -0.1) is 0 Å². The van der Waals surface area contributed by atoms with Crippen LogP contribution in [0.5, 0.6) is 11.5 Å². The predicted molar refractivity (Wildman–Crippen MR) is 61.3 cm³/mol. The zero-order valence-corrected chi connectivity index (χ0v) is 10.2. The standard InChI is InChI=1S/C11H12BrNO2/c1-8(7-13)15-11-5-9(6-12)3-4-10(11)14-2/h3-5,8H,6H2,1-2H3. The van der Waals surface area contributed by atoms with Gasteiger partial charge in [-0.05, 0) is 24.6 Å². The average Bonchev–Trinajstić information content (AvgIpc) is 2.28. The second-order valence-corrected chi connectivity index (χ2v) is 3.57. The minimum absolute atomic E-state index is 0.482. The lowest BCUT2D eigenvalue weighted by atomic mass is 10.2. The Morgan fingerprint density at radius 3 is 2.73 bits per heavy atom. The van der Waals surface area contributed by atoms with Gasteiger partial charge in [0.2, 0.25) is 0 Å². The monoisotopic (exact) mass is 269 g/mol. The first-order chi connectivity index (χ1) is 7.21. The second kappa shape index (κ2) is 5.62. The number of hydrogen-bond donors (Lipinski definition) is 0. The van der Waals surface area contributed by atoms with Crippen LogP contribution < -0.4 is 9.47 Å². The highest BCUT2D eigenvalue weighted by atomic mass is 79.9. The molecule has 4 heteroatoms. The van der Waals surface area contributed by atoms with E-state index in [1.165, 1.54) is 0 Å². The summed E-state index contributed by atoms with van der Waals surface area (Å²) in [5, 5.41) is 9.41. The van der Waals surface area contributed by atoms with Gasteiger partial charge in [-0.2, -0.15) is 5.26 Å². The summed E-state index contributed by atoms with van der Waals surface area (Å²) in [6.07, 6.45) is -0.482. The zero-order valence-electron chi connectivity index (χ0n) is 8.66. The number of nitriles is 1. The van der Waals surface area contributed by atoms with E-state index in [1.54, 1.807) is 14.0 Å². The molecular formula is C11H12BrNO2. The van der Waals surface area contributed by atoms with Crippen LogP contribution in [0, 0.1) is 11.3 Å². The van der Waals surface area contributed by atoms with Gasteiger partial charge in [0.05, 0.1) is 7.11 Å². The summed E-state index contributed by atoms with van der Waals surface area (Å²) < 4.78 is 10.6. The fourth-order valence-electron chi connectivity index (χ4n) is 1.11. The molecule has 0 radical (unpaired) electrons. The van der Waals surface area contributed by atoms with E-state index in [2.05, 4.69) is 15.9 Å². The number of rotatable bonds is 4.